The van der Waals surface area contributed by atoms with Crippen molar-refractivity contribution in [2.75, 3.05) is 38.6 Å². The normalized spacial score (nSPS) is 23.1. The SMILES string of the molecule is CN1CCC2(CC1)CN(C)c1ccc(F)cc12. The van der Waals surface area contributed by atoms with Gasteiger partial charge in [0.25, 0.3) is 0 Å². The lowest BCUT2D eigenvalue weighted by molar-refractivity contribution is 0.197. The Hall–Kier alpha value is -1.09. The molecule has 2 aliphatic heterocycles. The van der Waals surface area contributed by atoms with Gasteiger partial charge in [-0.05, 0) is 56.7 Å². The Morgan fingerprint density at radius 2 is 1.88 bits per heavy atom. The summed E-state index contributed by atoms with van der Waals surface area (Å²) >= 11 is 0. The van der Waals surface area contributed by atoms with Crippen molar-refractivity contribution in [2.45, 2.75) is 18.3 Å². The first-order valence-electron chi connectivity index (χ1n) is 6.30. The predicted octanol–water partition coefficient (Wildman–Crippen LogP) is 2.24. The summed E-state index contributed by atoms with van der Waals surface area (Å²) in [5.74, 6) is -0.0997. The highest BCUT2D eigenvalue weighted by atomic mass is 19.1. The van der Waals surface area contributed by atoms with Crippen LogP contribution in [0.25, 0.3) is 0 Å². The number of halogens is 1. The van der Waals surface area contributed by atoms with Crippen molar-refractivity contribution in [2.24, 2.45) is 0 Å². The van der Waals surface area contributed by atoms with Gasteiger partial charge in [-0.3, -0.25) is 0 Å². The first-order chi connectivity index (χ1) is 8.11. The van der Waals surface area contributed by atoms with Crippen LogP contribution >= 0.6 is 0 Å². The van der Waals surface area contributed by atoms with Crippen LogP contribution in [0.3, 0.4) is 0 Å². The Kier molecular flexibility index (Phi) is 2.40. The van der Waals surface area contributed by atoms with E-state index in [1.165, 1.54) is 11.3 Å². The van der Waals surface area contributed by atoms with Gasteiger partial charge in [-0.25, -0.2) is 4.39 Å². The Bertz CT molecular complexity index is 436. The number of fused-ring (bicyclic) bond motifs is 2. The molecule has 3 rings (SSSR count). The average molecular weight is 234 g/mol. The Morgan fingerprint density at radius 1 is 1.18 bits per heavy atom. The summed E-state index contributed by atoms with van der Waals surface area (Å²) in [7, 11) is 4.28. The van der Waals surface area contributed by atoms with Gasteiger partial charge < -0.3 is 9.80 Å². The van der Waals surface area contributed by atoms with E-state index in [0.717, 1.165) is 32.5 Å². The van der Waals surface area contributed by atoms with Crippen LogP contribution < -0.4 is 4.90 Å². The molecular formula is C14H19FN2. The lowest BCUT2D eigenvalue weighted by Crippen LogP contribution is -2.43. The number of hydrogen-bond acceptors (Lipinski definition) is 2. The number of likely N-dealkylation sites (tertiary alicyclic amines) is 1. The summed E-state index contributed by atoms with van der Waals surface area (Å²) in [5, 5.41) is 0. The molecule has 17 heavy (non-hydrogen) atoms. The number of rotatable bonds is 0. The molecule has 1 saturated heterocycles. The summed E-state index contributed by atoms with van der Waals surface area (Å²) in [4.78, 5) is 4.64. The van der Waals surface area contributed by atoms with Crippen LogP contribution in [0.4, 0.5) is 10.1 Å². The van der Waals surface area contributed by atoms with Crippen LogP contribution in [0.2, 0.25) is 0 Å². The second-order valence-corrected chi connectivity index (χ2v) is 5.60. The topological polar surface area (TPSA) is 6.48 Å². The molecule has 0 amide bonds. The Labute approximate surface area is 102 Å². The minimum Gasteiger partial charge on any atom is -0.373 e. The fraction of sp³-hybridized carbons (Fsp3) is 0.571. The van der Waals surface area contributed by atoms with Crippen molar-refractivity contribution < 1.29 is 4.39 Å². The lowest BCUT2D eigenvalue weighted by atomic mass is 9.74. The van der Waals surface area contributed by atoms with E-state index < -0.39 is 0 Å². The maximum atomic E-state index is 13.5. The molecule has 0 saturated carbocycles. The Morgan fingerprint density at radius 3 is 2.59 bits per heavy atom. The zero-order valence-electron chi connectivity index (χ0n) is 10.5. The van der Waals surface area contributed by atoms with Crippen LogP contribution in [0.1, 0.15) is 18.4 Å². The molecule has 1 aromatic rings. The molecule has 2 aliphatic rings. The average Bonchev–Trinajstić information content (AvgIpc) is 2.57. The summed E-state index contributed by atoms with van der Waals surface area (Å²) in [5.41, 5.74) is 2.64. The van der Waals surface area contributed by atoms with Gasteiger partial charge in [0.05, 0.1) is 0 Å². The van der Waals surface area contributed by atoms with Crippen LogP contribution in [-0.2, 0) is 5.41 Å². The predicted molar refractivity (Wildman–Crippen MR) is 68.1 cm³/mol. The zero-order valence-corrected chi connectivity index (χ0v) is 10.5. The summed E-state index contributed by atoms with van der Waals surface area (Å²) < 4.78 is 13.5. The van der Waals surface area contributed by atoms with Crippen LogP contribution in [0, 0.1) is 5.82 Å². The van der Waals surface area contributed by atoms with Gasteiger partial charge in [0.1, 0.15) is 5.82 Å². The smallest absolute Gasteiger partial charge is 0.123 e. The number of nitrogens with zero attached hydrogens (tertiary/aromatic N) is 2. The quantitative estimate of drug-likeness (QED) is 0.679. The second-order valence-electron chi connectivity index (χ2n) is 5.60. The first-order valence-corrected chi connectivity index (χ1v) is 6.30. The van der Waals surface area contributed by atoms with Crippen molar-refractivity contribution in [1.82, 2.24) is 4.90 Å². The highest BCUT2D eigenvalue weighted by molar-refractivity contribution is 5.62. The van der Waals surface area contributed by atoms with Crippen LogP contribution in [0.15, 0.2) is 18.2 Å². The number of likely N-dealkylation sites (N-methyl/N-ethyl adjacent to an activating group) is 1. The maximum Gasteiger partial charge on any atom is 0.123 e. The lowest BCUT2D eigenvalue weighted by Gasteiger charge is -2.38. The maximum absolute atomic E-state index is 13.5. The van der Waals surface area contributed by atoms with Gasteiger partial charge in [0.15, 0.2) is 0 Å². The molecule has 1 spiro atoms. The van der Waals surface area contributed by atoms with Gasteiger partial charge in [-0.15, -0.1) is 0 Å². The standard InChI is InChI=1S/C14H19FN2/c1-16-7-5-14(6-8-16)10-17(2)13-4-3-11(15)9-12(13)14/h3-4,9H,5-8,10H2,1-2H3. The molecule has 0 aromatic heterocycles. The third-order valence-corrected chi connectivity index (χ3v) is 4.43. The molecule has 3 heteroatoms. The van der Waals surface area contributed by atoms with Crippen molar-refractivity contribution >= 4 is 5.69 Å². The van der Waals surface area contributed by atoms with Crippen molar-refractivity contribution in [1.29, 1.82) is 0 Å². The number of hydrogen-bond donors (Lipinski definition) is 0. The summed E-state index contributed by atoms with van der Waals surface area (Å²) in [6.45, 7) is 3.27. The molecule has 0 bridgehead atoms. The van der Waals surface area contributed by atoms with Gasteiger partial charge in [0, 0.05) is 24.7 Å². The zero-order chi connectivity index (χ0) is 12.0. The summed E-state index contributed by atoms with van der Waals surface area (Å²) in [6, 6.07) is 5.26. The fourth-order valence-electron chi connectivity index (χ4n) is 3.36. The van der Waals surface area contributed by atoms with E-state index in [4.69, 9.17) is 0 Å². The van der Waals surface area contributed by atoms with Gasteiger partial charge in [0.2, 0.25) is 0 Å². The minimum atomic E-state index is -0.0997. The molecule has 0 radical (unpaired) electrons. The minimum absolute atomic E-state index is 0.0997. The number of anilines is 1. The van der Waals surface area contributed by atoms with Crippen molar-refractivity contribution in [3.63, 3.8) is 0 Å². The molecule has 2 nitrogen and oxygen atoms in total. The van der Waals surface area contributed by atoms with Gasteiger partial charge in [-0.2, -0.15) is 0 Å². The number of piperidine rings is 1. The third-order valence-electron chi connectivity index (χ3n) is 4.43. The van der Waals surface area contributed by atoms with Crippen LogP contribution in [0.5, 0.6) is 0 Å². The third kappa shape index (κ3) is 1.64. The highest BCUT2D eigenvalue weighted by Gasteiger charge is 2.43. The van der Waals surface area contributed by atoms with Gasteiger partial charge in [-0.1, -0.05) is 0 Å². The highest BCUT2D eigenvalue weighted by Crippen LogP contribution is 2.46. The summed E-state index contributed by atoms with van der Waals surface area (Å²) in [6.07, 6.45) is 2.29. The van der Waals surface area contributed by atoms with Crippen molar-refractivity contribution in [3.05, 3.63) is 29.6 Å². The Balaban J connectivity index is 2.02. The van der Waals surface area contributed by atoms with Crippen LogP contribution in [-0.4, -0.2) is 38.6 Å². The van der Waals surface area contributed by atoms with E-state index in [1.54, 1.807) is 12.1 Å². The second kappa shape index (κ2) is 3.70. The van der Waals surface area contributed by atoms with Gasteiger partial charge >= 0.3 is 0 Å². The first kappa shape index (κ1) is 11.0. The van der Waals surface area contributed by atoms with E-state index >= 15 is 0 Å². The molecule has 92 valence electrons. The number of benzene rings is 1. The molecule has 1 fully saturated rings. The van der Waals surface area contributed by atoms with E-state index in [2.05, 4.69) is 23.9 Å². The van der Waals surface area contributed by atoms with Crippen molar-refractivity contribution in [3.8, 4) is 0 Å². The van der Waals surface area contributed by atoms with E-state index in [-0.39, 0.29) is 11.2 Å². The van der Waals surface area contributed by atoms with E-state index in [1.807, 2.05) is 6.07 Å². The largest absolute Gasteiger partial charge is 0.373 e. The van der Waals surface area contributed by atoms with E-state index in [0.29, 0.717) is 0 Å². The molecule has 0 unspecified atom stereocenters. The molecule has 0 N–H and O–H groups in total. The fourth-order valence-corrected chi connectivity index (χ4v) is 3.36. The molecule has 0 atom stereocenters. The molecule has 1 aromatic carbocycles. The molecular weight excluding hydrogens is 215 g/mol. The molecule has 2 heterocycles. The molecule has 0 aliphatic carbocycles. The monoisotopic (exact) mass is 234 g/mol. The van der Waals surface area contributed by atoms with E-state index in [9.17, 15) is 4.39 Å².